The molecule has 0 saturated carbocycles. The molecule has 0 bridgehead atoms. The number of nitro benzene ring substituents is 1. The van der Waals surface area contributed by atoms with E-state index in [-0.39, 0.29) is 17.9 Å². The molecule has 8 nitrogen and oxygen atoms in total. The molecule has 0 aliphatic rings. The van der Waals surface area contributed by atoms with E-state index in [1.54, 1.807) is 0 Å². The quantitative estimate of drug-likeness (QED) is 0.548. The third kappa shape index (κ3) is 3.34. The van der Waals surface area contributed by atoms with Crippen molar-refractivity contribution in [2.45, 2.75) is 25.9 Å². The molecule has 1 aromatic heterocycles. The minimum atomic E-state index is -0.613. The molecular formula is C13H16N4O4. The number of aliphatic hydroxyl groups is 1. The van der Waals surface area contributed by atoms with Crippen molar-refractivity contribution >= 4 is 22.5 Å². The van der Waals surface area contributed by atoms with Crippen molar-refractivity contribution in [3.63, 3.8) is 0 Å². The van der Waals surface area contributed by atoms with Crippen LogP contribution >= 0.6 is 0 Å². The van der Waals surface area contributed by atoms with E-state index in [0.29, 0.717) is 17.3 Å². The Morgan fingerprint density at radius 1 is 1.57 bits per heavy atom. The molecule has 1 unspecified atom stereocenters. The number of carbonyl (C=O) groups is 1. The normalized spacial score (nSPS) is 12.3. The first kappa shape index (κ1) is 14.9. The number of amides is 1. The van der Waals surface area contributed by atoms with Crippen LogP contribution in [0, 0.1) is 10.1 Å². The third-order valence-electron chi connectivity index (χ3n) is 3.09. The number of nitrogens with zero attached hydrogens (tertiary/aromatic N) is 2. The number of benzene rings is 1. The van der Waals surface area contributed by atoms with Crippen LogP contribution in [0.1, 0.15) is 30.3 Å². The molecule has 1 aromatic carbocycles. The molecule has 1 heterocycles. The molecule has 0 spiro atoms. The Morgan fingerprint density at radius 2 is 2.33 bits per heavy atom. The van der Waals surface area contributed by atoms with Crippen molar-refractivity contribution in [1.82, 2.24) is 15.5 Å². The second kappa shape index (κ2) is 6.31. The van der Waals surface area contributed by atoms with Gasteiger partial charge < -0.3 is 10.4 Å². The van der Waals surface area contributed by atoms with E-state index in [0.717, 1.165) is 6.42 Å². The van der Waals surface area contributed by atoms with Crippen LogP contribution in [0.3, 0.4) is 0 Å². The molecule has 2 aromatic rings. The van der Waals surface area contributed by atoms with Crippen molar-refractivity contribution < 1.29 is 14.8 Å². The first-order valence-electron chi connectivity index (χ1n) is 6.61. The summed E-state index contributed by atoms with van der Waals surface area (Å²) in [5.74, 6) is -0.475. The van der Waals surface area contributed by atoms with E-state index in [2.05, 4.69) is 15.5 Å². The van der Waals surface area contributed by atoms with E-state index in [1.165, 1.54) is 18.2 Å². The summed E-state index contributed by atoms with van der Waals surface area (Å²) in [4.78, 5) is 22.3. The number of nitro groups is 1. The van der Waals surface area contributed by atoms with E-state index < -0.39 is 16.9 Å². The molecule has 8 heteroatoms. The second-order valence-corrected chi connectivity index (χ2v) is 4.71. The Bertz CT molecular complexity index is 667. The van der Waals surface area contributed by atoms with Gasteiger partial charge in [0.2, 0.25) is 0 Å². The summed E-state index contributed by atoms with van der Waals surface area (Å²) in [5, 5.41) is 29.9. The lowest BCUT2D eigenvalue weighted by atomic mass is 10.1. The molecule has 2 rings (SSSR count). The lowest BCUT2D eigenvalue weighted by Gasteiger charge is -2.09. The summed E-state index contributed by atoms with van der Waals surface area (Å²) in [6, 6.07) is 4.15. The fourth-order valence-corrected chi connectivity index (χ4v) is 2.02. The number of aliphatic hydroxyl groups excluding tert-OH is 1. The van der Waals surface area contributed by atoms with Gasteiger partial charge in [-0.15, -0.1) is 0 Å². The van der Waals surface area contributed by atoms with Gasteiger partial charge in [0.05, 0.1) is 16.5 Å². The first-order chi connectivity index (χ1) is 10.0. The number of aromatic amines is 1. The summed E-state index contributed by atoms with van der Waals surface area (Å²) in [5.41, 5.74) is 0.515. The average molecular weight is 292 g/mol. The van der Waals surface area contributed by atoms with Gasteiger partial charge in [-0.25, -0.2) is 0 Å². The minimum absolute atomic E-state index is 0.0809. The maximum Gasteiger partial charge on any atom is 0.272 e. The van der Waals surface area contributed by atoms with Gasteiger partial charge in [-0.1, -0.05) is 13.3 Å². The van der Waals surface area contributed by atoms with Crippen LogP contribution in [0.15, 0.2) is 18.2 Å². The highest BCUT2D eigenvalue weighted by Gasteiger charge is 2.17. The van der Waals surface area contributed by atoms with Crippen LogP contribution in [0.5, 0.6) is 0 Å². The zero-order valence-corrected chi connectivity index (χ0v) is 11.5. The minimum Gasteiger partial charge on any atom is -0.391 e. The first-order valence-corrected chi connectivity index (χ1v) is 6.61. The Morgan fingerprint density at radius 3 is 3.00 bits per heavy atom. The fraction of sp³-hybridized carbons (Fsp3) is 0.385. The van der Waals surface area contributed by atoms with Gasteiger partial charge in [0, 0.05) is 24.1 Å². The van der Waals surface area contributed by atoms with Crippen molar-refractivity contribution in [3.05, 3.63) is 34.0 Å². The number of nitrogens with one attached hydrogen (secondary N) is 2. The summed E-state index contributed by atoms with van der Waals surface area (Å²) in [6.45, 7) is 2.06. The summed E-state index contributed by atoms with van der Waals surface area (Å²) in [7, 11) is 0. The molecule has 21 heavy (non-hydrogen) atoms. The number of H-pyrrole nitrogens is 1. The summed E-state index contributed by atoms with van der Waals surface area (Å²) < 4.78 is 0. The zero-order chi connectivity index (χ0) is 15.4. The number of hydrogen-bond acceptors (Lipinski definition) is 5. The van der Waals surface area contributed by atoms with Crippen molar-refractivity contribution in [3.8, 4) is 0 Å². The number of carbonyl (C=O) groups excluding carboxylic acids is 1. The molecule has 0 aliphatic carbocycles. The van der Waals surface area contributed by atoms with Gasteiger partial charge in [-0.3, -0.25) is 20.0 Å². The van der Waals surface area contributed by atoms with Crippen LogP contribution in [0.2, 0.25) is 0 Å². The maximum atomic E-state index is 12.0. The number of fused-ring (bicyclic) bond motifs is 1. The third-order valence-corrected chi connectivity index (χ3v) is 3.09. The van der Waals surface area contributed by atoms with Gasteiger partial charge in [-0.2, -0.15) is 5.10 Å². The highest BCUT2D eigenvalue weighted by molar-refractivity contribution is 6.05. The van der Waals surface area contributed by atoms with Gasteiger partial charge in [-0.05, 0) is 12.5 Å². The van der Waals surface area contributed by atoms with E-state index in [1.807, 2.05) is 6.92 Å². The van der Waals surface area contributed by atoms with Gasteiger partial charge in [0.1, 0.15) is 0 Å². The SMILES string of the molecule is CCCC(O)CNC(=O)c1n[nH]c2ccc([N+](=O)[O-])cc12. The summed E-state index contributed by atoms with van der Waals surface area (Å²) >= 11 is 0. The van der Waals surface area contributed by atoms with E-state index >= 15 is 0 Å². The Labute approximate surface area is 120 Å². The number of rotatable bonds is 6. The van der Waals surface area contributed by atoms with E-state index in [4.69, 9.17) is 0 Å². The monoisotopic (exact) mass is 292 g/mol. The Hall–Kier alpha value is -2.48. The van der Waals surface area contributed by atoms with Crippen molar-refractivity contribution in [2.75, 3.05) is 6.54 Å². The van der Waals surface area contributed by atoms with Crippen LogP contribution < -0.4 is 5.32 Å². The molecule has 1 amide bonds. The molecule has 0 saturated heterocycles. The topological polar surface area (TPSA) is 121 Å². The molecule has 112 valence electrons. The van der Waals surface area contributed by atoms with Crippen molar-refractivity contribution in [2.24, 2.45) is 0 Å². The smallest absolute Gasteiger partial charge is 0.272 e. The number of aromatic nitrogens is 2. The predicted molar refractivity (Wildman–Crippen MR) is 76.0 cm³/mol. The van der Waals surface area contributed by atoms with E-state index in [9.17, 15) is 20.0 Å². The number of hydrogen-bond donors (Lipinski definition) is 3. The largest absolute Gasteiger partial charge is 0.391 e. The highest BCUT2D eigenvalue weighted by atomic mass is 16.6. The number of non-ortho nitro benzene ring substituents is 1. The van der Waals surface area contributed by atoms with Gasteiger partial charge in [0.15, 0.2) is 5.69 Å². The Balaban J connectivity index is 2.19. The molecule has 0 fully saturated rings. The molecule has 1 atom stereocenters. The van der Waals surface area contributed by atoms with Crippen molar-refractivity contribution in [1.29, 1.82) is 0 Å². The van der Waals surface area contributed by atoms with Gasteiger partial charge >= 0.3 is 0 Å². The fourth-order valence-electron chi connectivity index (χ4n) is 2.02. The Kier molecular flexibility index (Phi) is 4.49. The van der Waals surface area contributed by atoms with Crippen LogP contribution in [0.4, 0.5) is 5.69 Å². The molecular weight excluding hydrogens is 276 g/mol. The summed E-state index contributed by atoms with van der Waals surface area (Å²) in [6.07, 6.45) is 0.792. The second-order valence-electron chi connectivity index (χ2n) is 4.71. The maximum absolute atomic E-state index is 12.0. The highest BCUT2D eigenvalue weighted by Crippen LogP contribution is 2.21. The lowest BCUT2D eigenvalue weighted by Crippen LogP contribution is -2.32. The van der Waals surface area contributed by atoms with Gasteiger partial charge in [0.25, 0.3) is 11.6 Å². The zero-order valence-electron chi connectivity index (χ0n) is 11.5. The van der Waals surface area contributed by atoms with Crippen LogP contribution in [0.25, 0.3) is 10.9 Å². The molecule has 0 aliphatic heterocycles. The molecule has 0 radical (unpaired) electrons. The van der Waals surface area contributed by atoms with Crippen LogP contribution in [-0.2, 0) is 0 Å². The lowest BCUT2D eigenvalue weighted by molar-refractivity contribution is -0.384. The predicted octanol–water partition coefficient (Wildman–Crippen LogP) is 1.36. The standard InChI is InChI=1S/C13H16N4O4/c1-2-3-9(18)7-14-13(19)12-10-6-8(17(20)21)4-5-11(10)15-16-12/h4-6,9,18H,2-3,7H2,1H3,(H,14,19)(H,15,16). The average Bonchev–Trinajstić information content (AvgIpc) is 2.88. The van der Waals surface area contributed by atoms with Crippen LogP contribution in [-0.4, -0.2) is 38.8 Å². The molecule has 3 N–H and O–H groups in total.